The van der Waals surface area contributed by atoms with E-state index in [4.69, 9.17) is 9.15 Å². The maximum atomic E-state index is 13.9. The Bertz CT molecular complexity index is 1250. The topological polar surface area (TPSA) is 80.6 Å². The number of ether oxygens (including phenoxy) is 1. The van der Waals surface area contributed by atoms with Gasteiger partial charge < -0.3 is 19.8 Å². The fraction of sp³-hybridized carbons (Fsp3) is 0.0833. The van der Waals surface area contributed by atoms with Crippen LogP contribution in [0, 0.1) is 5.82 Å². The minimum atomic E-state index is -0.620. The average Bonchev–Trinajstić information content (AvgIpc) is 3.17. The molecule has 4 rings (SSSR count). The number of benzene rings is 3. The van der Waals surface area contributed by atoms with E-state index in [0.717, 1.165) is 6.07 Å². The van der Waals surface area contributed by atoms with Crippen molar-refractivity contribution in [3.8, 4) is 5.75 Å². The van der Waals surface area contributed by atoms with Gasteiger partial charge in [0, 0.05) is 16.6 Å². The molecule has 1 heterocycles. The van der Waals surface area contributed by atoms with Crippen LogP contribution >= 0.6 is 0 Å². The lowest BCUT2D eigenvalue weighted by Crippen LogP contribution is -2.18. The molecule has 2 N–H and O–H groups in total. The molecule has 1 aromatic heterocycles. The quantitative estimate of drug-likeness (QED) is 0.407. The van der Waals surface area contributed by atoms with E-state index < -0.39 is 11.7 Å². The van der Waals surface area contributed by atoms with Crippen LogP contribution in [0.5, 0.6) is 5.75 Å². The highest BCUT2D eigenvalue weighted by Gasteiger charge is 2.21. The number of hydrogen-bond acceptors (Lipinski definition) is 5. The van der Waals surface area contributed by atoms with Gasteiger partial charge in [-0.15, -0.1) is 0 Å². The normalized spacial score (nSPS) is 10.6. The minimum Gasteiger partial charge on any atom is -0.494 e. The molecule has 0 unspecified atom stereocenters. The van der Waals surface area contributed by atoms with Crippen molar-refractivity contribution in [2.24, 2.45) is 0 Å². The summed E-state index contributed by atoms with van der Waals surface area (Å²) in [5.74, 6) is -1.30. The van der Waals surface area contributed by atoms with Crippen LogP contribution in [0.4, 0.5) is 15.8 Å². The van der Waals surface area contributed by atoms with Gasteiger partial charge in [-0.2, -0.15) is 0 Å². The summed E-state index contributed by atoms with van der Waals surface area (Å²) in [6, 6.07) is 20.1. The number of amides is 1. The van der Waals surface area contributed by atoms with Crippen LogP contribution in [0.15, 0.2) is 77.2 Å². The molecule has 0 radical (unpaired) electrons. The van der Waals surface area contributed by atoms with Gasteiger partial charge in [0.15, 0.2) is 17.3 Å². The first-order valence-corrected chi connectivity index (χ1v) is 9.55. The highest BCUT2D eigenvalue weighted by molar-refractivity contribution is 6.12. The zero-order valence-electron chi connectivity index (χ0n) is 16.6. The average molecular weight is 418 g/mol. The number of Topliss-reactive ketones (excluding diaryl/α,β-unsaturated/α-hetero) is 1. The first kappa shape index (κ1) is 20.2. The van der Waals surface area contributed by atoms with Crippen LogP contribution in [0.1, 0.15) is 20.9 Å². The van der Waals surface area contributed by atoms with Gasteiger partial charge in [-0.05, 0) is 42.5 Å². The third-order valence-corrected chi connectivity index (χ3v) is 4.73. The molecule has 31 heavy (non-hydrogen) atoms. The molecule has 3 aromatic carbocycles. The summed E-state index contributed by atoms with van der Waals surface area (Å²) >= 11 is 0. The number of ketones is 1. The molecule has 0 aliphatic heterocycles. The number of para-hydroxylation sites is 2. The Morgan fingerprint density at radius 1 is 1.00 bits per heavy atom. The lowest BCUT2D eigenvalue weighted by molar-refractivity contribution is 0.0990. The Balaban J connectivity index is 1.59. The highest BCUT2D eigenvalue weighted by atomic mass is 19.1. The molecule has 6 nitrogen and oxygen atoms in total. The van der Waals surface area contributed by atoms with Crippen LogP contribution in [-0.4, -0.2) is 25.3 Å². The molecule has 0 aliphatic carbocycles. The second kappa shape index (κ2) is 8.71. The van der Waals surface area contributed by atoms with E-state index in [1.165, 1.54) is 19.2 Å². The van der Waals surface area contributed by atoms with Gasteiger partial charge in [-0.3, -0.25) is 9.59 Å². The summed E-state index contributed by atoms with van der Waals surface area (Å²) in [5, 5.41) is 6.43. The van der Waals surface area contributed by atoms with Gasteiger partial charge >= 0.3 is 0 Å². The monoisotopic (exact) mass is 418 g/mol. The second-order valence-corrected chi connectivity index (χ2v) is 6.75. The van der Waals surface area contributed by atoms with E-state index in [-0.39, 0.29) is 29.4 Å². The smallest absolute Gasteiger partial charge is 0.293 e. The molecule has 1 amide bonds. The first-order valence-electron chi connectivity index (χ1n) is 9.55. The largest absolute Gasteiger partial charge is 0.494 e. The van der Waals surface area contributed by atoms with Gasteiger partial charge in [0.05, 0.1) is 19.3 Å². The zero-order valence-corrected chi connectivity index (χ0v) is 16.6. The summed E-state index contributed by atoms with van der Waals surface area (Å²) in [7, 11) is 1.35. The predicted octanol–water partition coefficient (Wildman–Crippen LogP) is 5.13. The Hall–Kier alpha value is -4.13. The van der Waals surface area contributed by atoms with Crippen molar-refractivity contribution in [3.63, 3.8) is 0 Å². The van der Waals surface area contributed by atoms with E-state index in [1.54, 1.807) is 42.5 Å². The maximum Gasteiger partial charge on any atom is 0.293 e. The number of nitrogens with one attached hydrogen (secondary N) is 2. The number of anilines is 2. The van der Waals surface area contributed by atoms with Crippen molar-refractivity contribution < 1.29 is 23.1 Å². The van der Waals surface area contributed by atoms with Gasteiger partial charge in [0.2, 0.25) is 5.76 Å². The third kappa shape index (κ3) is 4.25. The van der Waals surface area contributed by atoms with E-state index in [1.807, 2.05) is 12.1 Å². The van der Waals surface area contributed by atoms with Gasteiger partial charge in [-0.25, -0.2) is 4.39 Å². The summed E-state index contributed by atoms with van der Waals surface area (Å²) < 4.78 is 24.6. The van der Waals surface area contributed by atoms with Crippen LogP contribution < -0.4 is 15.4 Å². The number of carbonyl (C=O) groups is 2. The van der Waals surface area contributed by atoms with Gasteiger partial charge in [-0.1, -0.05) is 30.3 Å². The number of halogens is 1. The number of carbonyl (C=O) groups excluding carboxylic acids is 2. The number of furan rings is 1. The molecular formula is C24H19FN2O4. The van der Waals surface area contributed by atoms with Gasteiger partial charge in [0.1, 0.15) is 5.58 Å². The summed E-state index contributed by atoms with van der Waals surface area (Å²) in [5.41, 5.74) is 1.70. The Morgan fingerprint density at radius 3 is 2.48 bits per heavy atom. The summed E-state index contributed by atoms with van der Waals surface area (Å²) in [4.78, 5) is 25.4. The van der Waals surface area contributed by atoms with Crippen LogP contribution in [-0.2, 0) is 0 Å². The van der Waals surface area contributed by atoms with E-state index in [0.29, 0.717) is 22.3 Å². The maximum absolute atomic E-state index is 13.9. The fourth-order valence-electron chi connectivity index (χ4n) is 3.20. The SMILES string of the molecule is COc1ccc(C(=O)CNc2c(C(=O)Nc3ccccc3)oc3ccccc23)cc1F. The minimum absolute atomic E-state index is 0.0544. The molecule has 0 fully saturated rings. The second-order valence-electron chi connectivity index (χ2n) is 6.75. The van der Waals surface area contributed by atoms with E-state index in [9.17, 15) is 14.0 Å². The molecule has 0 saturated heterocycles. The number of rotatable bonds is 7. The fourth-order valence-corrected chi connectivity index (χ4v) is 3.20. The standard InChI is InChI=1S/C24H19FN2O4/c1-30-21-12-11-15(13-18(21)25)19(28)14-26-22-17-9-5-6-10-20(17)31-23(22)24(29)27-16-7-3-2-4-8-16/h2-13,26H,14H2,1H3,(H,27,29). The van der Waals surface area contributed by atoms with E-state index >= 15 is 0 Å². The molecule has 0 bridgehead atoms. The third-order valence-electron chi connectivity index (χ3n) is 4.73. The van der Waals surface area contributed by atoms with Crippen LogP contribution in [0.3, 0.4) is 0 Å². The Morgan fingerprint density at radius 2 is 1.74 bits per heavy atom. The Kier molecular flexibility index (Phi) is 5.66. The zero-order chi connectivity index (χ0) is 21.8. The molecule has 0 spiro atoms. The molecule has 0 saturated carbocycles. The first-order chi connectivity index (χ1) is 15.1. The van der Waals surface area contributed by atoms with Gasteiger partial charge in [0.25, 0.3) is 5.91 Å². The van der Waals surface area contributed by atoms with Crippen molar-refractivity contribution in [2.45, 2.75) is 0 Å². The van der Waals surface area contributed by atoms with Crippen molar-refractivity contribution in [1.29, 1.82) is 0 Å². The van der Waals surface area contributed by atoms with E-state index in [2.05, 4.69) is 10.6 Å². The summed E-state index contributed by atoms with van der Waals surface area (Å²) in [6.07, 6.45) is 0. The van der Waals surface area contributed by atoms with Crippen molar-refractivity contribution in [2.75, 3.05) is 24.3 Å². The summed E-state index contributed by atoms with van der Waals surface area (Å²) in [6.45, 7) is -0.152. The lowest BCUT2D eigenvalue weighted by Gasteiger charge is -2.09. The number of hydrogen-bond donors (Lipinski definition) is 2. The predicted molar refractivity (Wildman–Crippen MR) is 116 cm³/mol. The molecule has 0 aliphatic rings. The molecule has 7 heteroatoms. The lowest BCUT2D eigenvalue weighted by atomic mass is 10.1. The van der Waals surface area contributed by atoms with Crippen molar-refractivity contribution in [3.05, 3.63) is 89.9 Å². The highest BCUT2D eigenvalue weighted by Crippen LogP contribution is 2.31. The van der Waals surface area contributed by atoms with Crippen LogP contribution in [0.25, 0.3) is 11.0 Å². The Labute approximate surface area is 177 Å². The van der Waals surface area contributed by atoms with Crippen molar-refractivity contribution in [1.82, 2.24) is 0 Å². The molecule has 156 valence electrons. The molecule has 0 atom stereocenters. The molecular weight excluding hydrogens is 399 g/mol. The van der Waals surface area contributed by atoms with Crippen LogP contribution in [0.2, 0.25) is 0 Å². The molecule has 4 aromatic rings. The van der Waals surface area contributed by atoms with Crippen molar-refractivity contribution >= 4 is 34.0 Å². The number of methoxy groups -OCH3 is 1. The number of fused-ring (bicyclic) bond motifs is 1.